The van der Waals surface area contributed by atoms with Crippen molar-refractivity contribution < 1.29 is 44.1 Å². The highest BCUT2D eigenvalue weighted by Gasteiger charge is 2.21. The minimum absolute atomic E-state index is 0.0221. The van der Waals surface area contributed by atoms with Crippen LogP contribution >= 0.6 is 12.6 Å². The Morgan fingerprint density at radius 3 is 1.31 bits per heavy atom. The SMILES string of the molecule is O=C(O)CCCCCCCCCCCCCCCCCCC(=O)NC(CCC(=O)NCCCC(=O)NC(CO)C(=O)S)C(=O)O. The average molecular weight is 660 g/mol. The molecule has 0 aliphatic heterocycles. The van der Waals surface area contributed by atoms with Crippen LogP contribution in [0.2, 0.25) is 0 Å². The molecular weight excluding hydrogens is 602 g/mol. The van der Waals surface area contributed by atoms with Gasteiger partial charge >= 0.3 is 11.9 Å². The molecule has 0 saturated carbocycles. The highest BCUT2D eigenvalue weighted by Crippen LogP contribution is 2.14. The molecule has 6 N–H and O–H groups in total. The van der Waals surface area contributed by atoms with Crippen LogP contribution < -0.4 is 16.0 Å². The first-order chi connectivity index (χ1) is 21.6. The topological polar surface area (TPSA) is 199 Å². The summed E-state index contributed by atoms with van der Waals surface area (Å²) in [6, 6.07) is -2.23. The zero-order chi connectivity index (χ0) is 33.7. The number of thiol groups is 1. The number of nitrogens with one attached hydrogen (secondary N) is 3. The maximum atomic E-state index is 12.2. The lowest BCUT2D eigenvalue weighted by atomic mass is 10.0. The second-order valence-corrected chi connectivity index (χ2v) is 12.1. The van der Waals surface area contributed by atoms with Crippen molar-refractivity contribution in [2.24, 2.45) is 0 Å². The van der Waals surface area contributed by atoms with Crippen molar-refractivity contribution in [3.05, 3.63) is 0 Å². The van der Waals surface area contributed by atoms with Gasteiger partial charge in [-0.3, -0.25) is 24.0 Å². The van der Waals surface area contributed by atoms with E-state index in [-0.39, 0.29) is 51.0 Å². The monoisotopic (exact) mass is 659 g/mol. The van der Waals surface area contributed by atoms with Crippen LogP contribution in [-0.2, 0) is 28.8 Å². The highest BCUT2D eigenvalue weighted by atomic mass is 32.1. The summed E-state index contributed by atoms with van der Waals surface area (Å²) in [5.74, 6) is -3.10. The molecule has 0 bridgehead atoms. The van der Waals surface area contributed by atoms with Crippen molar-refractivity contribution in [2.45, 2.75) is 153 Å². The Morgan fingerprint density at radius 1 is 0.511 bits per heavy atom. The summed E-state index contributed by atoms with van der Waals surface area (Å²) in [5.41, 5.74) is 0. The number of aliphatic carboxylic acids is 2. The average Bonchev–Trinajstić information content (AvgIpc) is 2.99. The molecule has 0 saturated heterocycles. The minimum atomic E-state index is -1.20. The molecule has 0 spiro atoms. The zero-order valence-corrected chi connectivity index (χ0v) is 27.8. The van der Waals surface area contributed by atoms with Gasteiger partial charge in [-0.15, -0.1) is 12.6 Å². The third kappa shape index (κ3) is 27.4. The number of hydrogen-bond donors (Lipinski definition) is 7. The second kappa shape index (κ2) is 28.8. The highest BCUT2D eigenvalue weighted by molar-refractivity contribution is 7.96. The molecule has 0 aliphatic rings. The Balaban J connectivity index is 3.75. The number of amides is 3. The van der Waals surface area contributed by atoms with Gasteiger partial charge in [0.1, 0.15) is 12.1 Å². The normalized spacial score (nSPS) is 12.2. The molecule has 0 aliphatic carbocycles. The van der Waals surface area contributed by atoms with E-state index < -0.39 is 47.6 Å². The van der Waals surface area contributed by atoms with E-state index in [1.165, 1.54) is 57.8 Å². The van der Waals surface area contributed by atoms with E-state index in [1.807, 2.05) is 0 Å². The van der Waals surface area contributed by atoms with Gasteiger partial charge in [0.25, 0.3) is 0 Å². The molecular formula is C32H57N3O9S. The van der Waals surface area contributed by atoms with Crippen molar-refractivity contribution in [2.75, 3.05) is 13.2 Å². The predicted molar refractivity (Wildman–Crippen MR) is 175 cm³/mol. The van der Waals surface area contributed by atoms with Crippen molar-refractivity contribution >= 4 is 47.4 Å². The summed E-state index contributed by atoms with van der Waals surface area (Å²) in [5, 5.41) is 33.8. The fourth-order valence-electron chi connectivity index (χ4n) is 4.85. The van der Waals surface area contributed by atoms with Gasteiger partial charge in [0.15, 0.2) is 0 Å². The van der Waals surface area contributed by atoms with Crippen LogP contribution in [0.25, 0.3) is 0 Å². The van der Waals surface area contributed by atoms with Crippen LogP contribution in [0.5, 0.6) is 0 Å². The van der Waals surface area contributed by atoms with Crippen LogP contribution in [0, 0.1) is 0 Å². The maximum absolute atomic E-state index is 12.2. The molecule has 45 heavy (non-hydrogen) atoms. The first-order valence-corrected chi connectivity index (χ1v) is 17.1. The molecule has 0 radical (unpaired) electrons. The number of carboxylic acid groups (broad SMARTS) is 2. The van der Waals surface area contributed by atoms with Crippen molar-refractivity contribution in [3.63, 3.8) is 0 Å². The number of carbonyl (C=O) groups excluding carboxylic acids is 4. The molecule has 2 unspecified atom stereocenters. The third-order valence-corrected chi connectivity index (χ3v) is 7.87. The lowest BCUT2D eigenvalue weighted by Gasteiger charge is -2.15. The van der Waals surface area contributed by atoms with Gasteiger partial charge in [0.2, 0.25) is 22.8 Å². The molecule has 0 rings (SSSR count). The number of rotatable bonds is 31. The maximum Gasteiger partial charge on any atom is 0.326 e. The molecule has 3 amide bonds. The molecule has 0 aromatic rings. The van der Waals surface area contributed by atoms with Crippen molar-refractivity contribution in [1.29, 1.82) is 0 Å². The smallest absolute Gasteiger partial charge is 0.326 e. The number of unbranched alkanes of at least 4 members (excludes halogenated alkanes) is 15. The number of hydrogen-bond acceptors (Lipinski definition) is 7. The van der Waals surface area contributed by atoms with E-state index >= 15 is 0 Å². The predicted octanol–water partition coefficient (Wildman–Crippen LogP) is 4.27. The summed E-state index contributed by atoms with van der Waals surface area (Å²) in [4.78, 5) is 69.2. The standard InChI is InChI=1S/C32H57N3O9S/c36-24-26(32(44)45)35-29(39)19-17-23-33-27(37)22-21-25(31(42)43)34-28(38)18-15-13-11-9-7-5-3-1-2-4-6-8-10-12-14-16-20-30(40)41/h25-26,36H,1-24H2,(H,33,37)(H,34,38)(H,35,39)(H,40,41)(H,42,43)(H,44,45). The molecule has 0 heterocycles. The van der Waals surface area contributed by atoms with Crippen LogP contribution in [0.1, 0.15) is 141 Å². The van der Waals surface area contributed by atoms with Gasteiger partial charge in [0, 0.05) is 32.2 Å². The largest absolute Gasteiger partial charge is 0.481 e. The van der Waals surface area contributed by atoms with Gasteiger partial charge in [0.05, 0.1) is 6.61 Å². The molecule has 0 fully saturated rings. The Morgan fingerprint density at radius 2 is 0.911 bits per heavy atom. The van der Waals surface area contributed by atoms with Gasteiger partial charge in [-0.2, -0.15) is 0 Å². The summed E-state index contributed by atoms with van der Waals surface area (Å²) >= 11 is 3.57. The van der Waals surface area contributed by atoms with E-state index in [2.05, 4.69) is 28.6 Å². The lowest BCUT2D eigenvalue weighted by molar-refractivity contribution is -0.142. The van der Waals surface area contributed by atoms with Crippen molar-refractivity contribution in [3.8, 4) is 0 Å². The van der Waals surface area contributed by atoms with E-state index in [1.54, 1.807) is 0 Å². The van der Waals surface area contributed by atoms with Crippen LogP contribution in [0.3, 0.4) is 0 Å². The second-order valence-electron chi connectivity index (χ2n) is 11.6. The first kappa shape index (κ1) is 42.3. The summed E-state index contributed by atoms with van der Waals surface area (Å²) in [6.45, 7) is -0.382. The molecule has 260 valence electrons. The van der Waals surface area contributed by atoms with Crippen LogP contribution in [0.15, 0.2) is 0 Å². The first-order valence-electron chi connectivity index (χ1n) is 16.7. The third-order valence-electron chi connectivity index (χ3n) is 7.56. The summed E-state index contributed by atoms with van der Waals surface area (Å²) in [6.07, 6.45) is 18.5. The van der Waals surface area contributed by atoms with Crippen LogP contribution in [0.4, 0.5) is 0 Å². The zero-order valence-electron chi connectivity index (χ0n) is 26.9. The summed E-state index contributed by atoms with van der Waals surface area (Å²) in [7, 11) is 0. The number of carboxylic acids is 2. The molecule has 0 aromatic carbocycles. The number of aliphatic hydroxyl groups is 1. The van der Waals surface area contributed by atoms with Crippen molar-refractivity contribution in [1.82, 2.24) is 16.0 Å². The molecule has 12 nitrogen and oxygen atoms in total. The van der Waals surface area contributed by atoms with E-state index in [0.717, 1.165) is 38.5 Å². The Hall–Kier alpha value is -2.67. The number of carbonyl (C=O) groups is 6. The van der Waals surface area contributed by atoms with E-state index in [9.17, 15) is 33.9 Å². The lowest BCUT2D eigenvalue weighted by Crippen LogP contribution is -2.42. The van der Waals surface area contributed by atoms with E-state index in [0.29, 0.717) is 6.42 Å². The molecule has 0 aromatic heterocycles. The van der Waals surface area contributed by atoms with Gasteiger partial charge in [-0.05, 0) is 25.7 Å². The Labute approximate surface area is 273 Å². The fourth-order valence-corrected chi connectivity index (χ4v) is 5.00. The van der Waals surface area contributed by atoms with Crippen LogP contribution in [-0.4, -0.2) is 75.3 Å². The Bertz CT molecular complexity index is 873. The number of aliphatic hydroxyl groups excluding tert-OH is 1. The molecule has 13 heteroatoms. The Kier molecular flexibility index (Phi) is 27.1. The summed E-state index contributed by atoms with van der Waals surface area (Å²) < 4.78 is 0. The van der Waals surface area contributed by atoms with E-state index in [4.69, 9.17) is 10.2 Å². The van der Waals surface area contributed by atoms with Gasteiger partial charge in [-0.1, -0.05) is 89.9 Å². The quantitative estimate of drug-likeness (QED) is 0.0419. The van der Waals surface area contributed by atoms with Gasteiger partial charge in [-0.25, -0.2) is 4.79 Å². The molecule has 2 atom stereocenters. The van der Waals surface area contributed by atoms with Gasteiger partial charge < -0.3 is 31.3 Å². The fraction of sp³-hybridized carbons (Fsp3) is 0.812. The minimum Gasteiger partial charge on any atom is -0.481 e.